The summed E-state index contributed by atoms with van der Waals surface area (Å²) in [5.74, 6) is 1.99. The molecule has 0 unspecified atom stereocenters. The number of likely N-dealkylation sites (tertiary alicyclic amines) is 1. The molecule has 0 atom stereocenters. The van der Waals surface area contributed by atoms with Gasteiger partial charge in [-0.15, -0.1) is 11.3 Å². The highest BCUT2D eigenvalue weighted by Gasteiger charge is 2.20. The second kappa shape index (κ2) is 12.9. The summed E-state index contributed by atoms with van der Waals surface area (Å²) in [6, 6.07) is 15.5. The maximum absolute atomic E-state index is 13.5. The molecule has 7 heteroatoms. The molecule has 2 heterocycles. The molecule has 2 aromatic carbocycles. The zero-order valence-electron chi connectivity index (χ0n) is 21.6. The summed E-state index contributed by atoms with van der Waals surface area (Å²) in [6.07, 6.45) is 3.77. The van der Waals surface area contributed by atoms with Gasteiger partial charge >= 0.3 is 0 Å². The molecule has 0 spiro atoms. The summed E-state index contributed by atoms with van der Waals surface area (Å²) < 4.78 is 11.5. The molecular weight excluding hydrogens is 470 g/mol. The second-order valence-electron chi connectivity index (χ2n) is 9.57. The van der Waals surface area contributed by atoms with Crippen molar-refractivity contribution in [2.45, 2.75) is 52.2 Å². The highest BCUT2D eigenvalue weighted by atomic mass is 32.1. The van der Waals surface area contributed by atoms with Crippen LogP contribution in [0.2, 0.25) is 0 Å². The molecule has 1 amide bonds. The van der Waals surface area contributed by atoms with Gasteiger partial charge in [0.2, 0.25) is 0 Å². The molecule has 0 aliphatic carbocycles. The molecule has 1 saturated heterocycles. The highest BCUT2D eigenvalue weighted by Crippen LogP contribution is 2.27. The molecule has 0 radical (unpaired) electrons. The number of carbonyl (C=O) groups is 1. The lowest BCUT2D eigenvalue weighted by Crippen LogP contribution is -2.40. The zero-order chi connectivity index (χ0) is 25.3. The van der Waals surface area contributed by atoms with Crippen LogP contribution in [0.5, 0.6) is 11.5 Å². The van der Waals surface area contributed by atoms with Crippen LogP contribution < -0.4 is 9.47 Å². The maximum atomic E-state index is 13.5. The molecule has 4 rings (SSSR count). The first kappa shape index (κ1) is 26.2. The van der Waals surface area contributed by atoms with Crippen molar-refractivity contribution in [3.63, 3.8) is 0 Å². The Morgan fingerprint density at radius 1 is 1.11 bits per heavy atom. The van der Waals surface area contributed by atoms with Crippen LogP contribution in [0.1, 0.15) is 65.7 Å². The van der Waals surface area contributed by atoms with E-state index in [1.54, 1.807) is 18.4 Å². The van der Waals surface area contributed by atoms with Gasteiger partial charge in [0.15, 0.2) is 0 Å². The van der Waals surface area contributed by atoms with Crippen molar-refractivity contribution in [2.75, 3.05) is 33.3 Å². The molecule has 36 heavy (non-hydrogen) atoms. The van der Waals surface area contributed by atoms with Gasteiger partial charge in [0.25, 0.3) is 5.91 Å². The minimum Gasteiger partial charge on any atom is -0.497 e. The largest absolute Gasteiger partial charge is 0.497 e. The molecule has 0 N–H and O–H groups in total. The van der Waals surface area contributed by atoms with Gasteiger partial charge in [-0.25, -0.2) is 4.98 Å². The molecule has 192 valence electrons. The molecule has 1 fully saturated rings. The van der Waals surface area contributed by atoms with Crippen LogP contribution in [-0.4, -0.2) is 54.0 Å². The van der Waals surface area contributed by atoms with Crippen molar-refractivity contribution in [2.24, 2.45) is 0 Å². The Bertz CT molecular complexity index is 1120. The number of carbonyl (C=O) groups excluding carboxylic acids is 1. The second-order valence-corrected chi connectivity index (χ2v) is 10.5. The summed E-state index contributed by atoms with van der Waals surface area (Å²) in [7, 11) is 1.62. The van der Waals surface area contributed by atoms with E-state index in [0.717, 1.165) is 36.1 Å². The standard InChI is InChI=1S/C29H37N3O3S/c1-22(2)26-12-5-6-13-27(26)35-20-28-30-24(21-36-28)19-32(17-16-31-14-7-4-8-15-31)29(33)23-10-9-11-25(18-23)34-3/h5-6,9-13,18,21-22H,4,7-8,14-17,19-20H2,1-3H3. The number of benzene rings is 2. The van der Waals surface area contributed by atoms with Crippen LogP contribution in [0.25, 0.3) is 0 Å². The van der Waals surface area contributed by atoms with E-state index in [0.29, 0.717) is 36.9 Å². The lowest BCUT2D eigenvalue weighted by molar-refractivity contribution is 0.0713. The Hall–Kier alpha value is -2.90. The SMILES string of the molecule is COc1cccc(C(=O)N(CCN2CCCCC2)Cc2csc(COc3ccccc3C(C)C)n2)c1. The van der Waals surface area contributed by atoms with Crippen LogP contribution in [0.4, 0.5) is 0 Å². The molecule has 3 aromatic rings. The third-order valence-electron chi connectivity index (χ3n) is 6.58. The van der Waals surface area contributed by atoms with Crippen LogP contribution in [-0.2, 0) is 13.2 Å². The van der Waals surface area contributed by atoms with Gasteiger partial charge < -0.3 is 19.3 Å². The first-order valence-electron chi connectivity index (χ1n) is 12.8. The Balaban J connectivity index is 1.44. The fraction of sp³-hybridized carbons (Fsp3) is 0.448. The molecule has 1 aliphatic rings. The van der Waals surface area contributed by atoms with Crippen molar-refractivity contribution in [1.82, 2.24) is 14.8 Å². The Morgan fingerprint density at radius 2 is 1.92 bits per heavy atom. The number of thiazole rings is 1. The number of amides is 1. The van der Waals surface area contributed by atoms with Crippen molar-refractivity contribution < 1.29 is 14.3 Å². The van der Waals surface area contributed by atoms with Gasteiger partial charge in [-0.2, -0.15) is 0 Å². The number of aromatic nitrogens is 1. The van der Waals surface area contributed by atoms with Gasteiger partial charge in [0.1, 0.15) is 23.1 Å². The van der Waals surface area contributed by atoms with Gasteiger partial charge in [-0.05, 0) is 61.7 Å². The summed E-state index contributed by atoms with van der Waals surface area (Å²) >= 11 is 1.58. The normalized spacial score (nSPS) is 14.1. The van der Waals surface area contributed by atoms with Crippen LogP contribution in [0, 0.1) is 0 Å². The maximum Gasteiger partial charge on any atom is 0.254 e. The van der Waals surface area contributed by atoms with Gasteiger partial charge in [-0.1, -0.05) is 44.5 Å². The summed E-state index contributed by atoms with van der Waals surface area (Å²) in [5, 5.41) is 2.95. The Kier molecular flexibility index (Phi) is 9.36. The predicted octanol–water partition coefficient (Wildman–Crippen LogP) is 5.98. The summed E-state index contributed by atoms with van der Waals surface area (Å²) in [4.78, 5) is 22.7. The first-order valence-corrected chi connectivity index (χ1v) is 13.7. The Labute approximate surface area is 218 Å². The average molecular weight is 508 g/mol. The number of hydrogen-bond acceptors (Lipinski definition) is 6. The quantitative estimate of drug-likeness (QED) is 0.319. The number of ether oxygens (including phenoxy) is 2. The molecule has 1 aromatic heterocycles. The molecule has 0 saturated carbocycles. The number of nitrogens with zero attached hydrogens (tertiary/aromatic N) is 3. The van der Waals surface area contributed by atoms with Gasteiger partial charge in [-0.3, -0.25) is 4.79 Å². The molecule has 6 nitrogen and oxygen atoms in total. The Morgan fingerprint density at radius 3 is 2.69 bits per heavy atom. The van der Waals surface area contributed by atoms with Gasteiger partial charge in [0, 0.05) is 24.0 Å². The number of para-hydroxylation sites is 1. The topological polar surface area (TPSA) is 54.9 Å². The fourth-order valence-corrected chi connectivity index (χ4v) is 5.24. The molecule has 1 aliphatic heterocycles. The smallest absolute Gasteiger partial charge is 0.254 e. The first-order chi connectivity index (χ1) is 17.5. The lowest BCUT2D eigenvalue weighted by atomic mass is 10.0. The number of hydrogen-bond donors (Lipinski definition) is 0. The minimum absolute atomic E-state index is 0.00238. The zero-order valence-corrected chi connectivity index (χ0v) is 22.4. The summed E-state index contributed by atoms with van der Waals surface area (Å²) in [6.45, 7) is 9.00. The van der Waals surface area contributed by atoms with Crippen LogP contribution >= 0.6 is 11.3 Å². The number of piperidine rings is 1. The highest BCUT2D eigenvalue weighted by molar-refractivity contribution is 7.09. The predicted molar refractivity (Wildman–Crippen MR) is 145 cm³/mol. The van der Waals surface area contributed by atoms with E-state index in [4.69, 9.17) is 14.5 Å². The third-order valence-corrected chi connectivity index (χ3v) is 7.45. The fourth-order valence-electron chi connectivity index (χ4n) is 4.55. The lowest BCUT2D eigenvalue weighted by Gasteiger charge is -2.30. The van der Waals surface area contributed by atoms with Crippen molar-refractivity contribution in [1.29, 1.82) is 0 Å². The number of rotatable bonds is 11. The van der Waals surface area contributed by atoms with E-state index in [1.165, 1.54) is 24.8 Å². The minimum atomic E-state index is 0.00238. The molecular formula is C29H37N3O3S. The van der Waals surface area contributed by atoms with E-state index in [-0.39, 0.29) is 5.91 Å². The van der Waals surface area contributed by atoms with Crippen molar-refractivity contribution >= 4 is 17.2 Å². The van der Waals surface area contributed by atoms with E-state index < -0.39 is 0 Å². The van der Waals surface area contributed by atoms with Crippen LogP contribution in [0.15, 0.2) is 53.9 Å². The number of methoxy groups -OCH3 is 1. The van der Waals surface area contributed by atoms with Crippen LogP contribution in [0.3, 0.4) is 0 Å². The molecule has 0 bridgehead atoms. The van der Waals surface area contributed by atoms with Gasteiger partial charge in [0.05, 0.1) is 19.3 Å². The van der Waals surface area contributed by atoms with Crippen molar-refractivity contribution in [3.05, 3.63) is 75.7 Å². The summed E-state index contributed by atoms with van der Waals surface area (Å²) in [5.41, 5.74) is 2.73. The van der Waals surface area contributed by atoms with E-state index in [2.05, 4.69) is 24.8 Å². The monoisotopic (exact) mass is 507 g/mol. The van der Waals surface area contributed by atoms with Crippen molar-refractivity contribution in [3.8, 4) is 11.5 Å². The third kappa shape index (κ3) is 7.08. The van der Waals surface area contributed by atoms with E-state index in [1.807, 2.05) is 52.7 Å². The average Bonchev–Trinajstić information content (AvgIpc) is 3.37. The van der Waals surface area contributed by atoms with E-state index in [9.17, 15) is 4.79 Å². The van der Waals surface area contributed by atoms with E-state index >= 15 is 0 Å².